The molecule has 1 aromatic carbocycles. The maximum Gasteiger partial charge on any atom is 0.408 e. The van der Waals surface area contributed by atoms with E-state index in [4.69, 9.17) is 4.74 Å². The molecule has 1 rings (SSSR count). The lowest BCUT2D eigenvalue weighted by Gasteiger charge is -2.23. The van der Waals surface area contributed by atoms with Crippen molar-refractivity contribution < 1.29 is 28.7 Å². The van der Waals surface area contributed by atoms with Crippen molar-refractivity contribution in [3.8, 4) is 0 Å². The maximum absolute atomic E-state index is 13.3. The fourth-order valence-electron chi connectivity index (χ4n) is 3.56. The number of hydrogen-bond donors (Lipinski definition) is 3. The number of nitrogens with one attached hydrogen (secondary N) is 3. The summed E-state index contributed by atoms with van der Waals surface area (Å²) in [4.78, 5) is 62.2. The lowest BCUT2D eigenvalue weighted by molar-refractivity contribution is -0.133. The number of ether oxygens (including phenoxy) is 1. The van der Waals surface area contributed by atoms with Crippen molar-refractivity contribution in [3.63, 3.8) is 0 Å². The van der Waals surface area contributed by atoms with Crippen LogP contribution in [-0.4, -0.2) is 54.7 Å². The highest BCUT2D eigenvalue weighted by Gasteiger charge is 2.28. The second kappa shape index (κ2) is 15.0. The summed E-state index contributed by atoms with van der Waals surface area (Å²) in [5, 5.41) is 7.74. The third kappa shape index (κ3) is 13.0. The Hall–Kier alpha value is -3.23. The second-order valence-electron chi connectivity index (χ2n) is 10.3. The van der Waals surface area contributed by atoms with Crippen LogP contribution in [0.2, 0.25) is 0 Å². The Balaban J connectivity index is 2.93. The fraction of sp³-hybridized carbons (Fsp3) is 0.593. The topological polar surface area (TPSA) is 131 Å². The number of rotatable bonds is 14. The molecule has 3 N–H and O–H groups in total. The van der Waals surface area contributed by atoms with Crippen molar-refractivity contribution in [2.24, 2.45) is 11.8 Å². The van der Waals surface area contributed by atoms with Crippen LogP contribution in [0.5, 0.6) is 0 Å². The number of Topliss-reactive ketones (excluding diaryl/α,β-unsaturated/α-hetero) is 2. The molecule has 0 aliphatic heterocycles. The lowest BCUT2D eigenvalue weighted by Crippen LogP contribution is -2.46. The van der Waals surface area contributed by atoms with Crippen LogP contribution in [0, 0.1) is 11.8 Å². The van der Waals surface area contributed by atoms with Gasteiger partial charge in [-0.3, -0.25) is 19.2 Å². The van der Waals surface area contributed by atoms with Crippen LogP contribution in [0.3, 0.4) is 0 Å². The standard InChI is InChI=1S/C27H41N3O6/c1-18(2)14-22(23(32)12-13-24(33)28-6)30-25(34)20(15-19-10-8-7-9-11-19)16-21(31)17-29-26(35)36-27(3,4)5/h7-11,18,20,22H,12-17H2,1-6H3,(H,28,33)(H,29,35)(H,30,34). The third-order valence-electron chi connectivity index (χ3n) is 5.29. The predicted octanol–water partition coefficient (Wildman–Crippen LogP) is 2.96. The Morgan fingerprint density at radius 2 is 1.61 bits per heavy atom. The summed E-state index contributed by atoms with van der Waals surface area (Å²) < 4.78 is 5.15. The lowest BCUT2D eigenvalue weighted by atomic mass is 9.91. The molecule has 0 aromatic heterocycles. The Morgan fingerprint density at radius 1 is 0.972 bits per heavy atom. The Kier molecular flexibility index (Phi) is 12.8. The third-order valence-corrected chi connectivity index (χ3v) is 5.29. The van der Waals surface area contributed by atoms with Crippen LogP contribution in [0.4, 0.5) is 4.79 Å². The summed E-state index contributed by atoms with van der Waals surface area (Å²) >= 11 is 0. The van der Waals surface area contributed by atoms with Crippen molar-refractivity contribution in [2.75, 3.05) is 13.6 Å². The summed E-state index contributed by atoms with van der Waals surface area (Å²) in [5.41, 5.74) is 0.176. The minimum Gasteiger partial charge on any atom is -0.444 e. The zero-order valence-corrected chi connectivity index (χ0v) is 22.3. The van der Waals surface area contributed by atoms with Gasteiger partial charge in [0.1, 0.15) is 5.60 Å². The van der Waals surface area contributed by atoms with Gasteiger partial charge in [0.15, 0.2) is 11.6 Å². The Labute approximate surface area is 214 Å². The summed E-state index contributed by atoms with van der Waals surface area (Å²) in [5.74, 6) is -1.82. The van der Waals surface area contributed by atoms with Crippen molar-refractivity contribution in [3.05, 3.63) is 35.9 Å². The van der Waals surface area contributed by atoms with E-state index in [9.17, 15) is 24.0 Å². The minimum absolute atomic E-state index is 0.0133. The van der Waals surface area contributed by atoms with E-state index < -0.39 is 29.6 Å². The first-order valence-corrected chi connectivity index (χ1v) is 12.4. The molecule has 0 fully saturated rings. The van der Waals surface area contributed by atoms with Gasteiger partial charge in [-0.2, -0.15) is 0 Å². The second-order valence-corrected chi connectivity index (χ2v) is 10.3. The number of hydrogen-bond acceptors (Lipinski definition) is 6. The SMILES string of the molecule is CNC(=O)CCC(=O)C(CC(C)C)NC(=O)C(CC(=O)CNC(=O)OC(C)(C)C)Cc1ccccc1. The van der Waals surface area contributed by atoms with Crippen LogP contribution in [0.25, 0.3) is 0 Å². The molecular formula is C27H41N3O6. The van der Waals surface area contributed by atoms with Gasteiger partial charge in [-0.15, -0.1) is 0 Å². The van der Waals surface area contributed by atoms with E-state index in [0.29, 0.717) is 12.8 Å². The van der Waals surface area contributed by atoms with E-state index in [2.05, 4.69) is 16.0 Å². The molecule has 3 amide bonds. The molecule has 200 valence electrons. The quantitative estimate of drug-likeness (QED) is 0.358. The van der Waals surface area contributed by atoms with Crippen molar-refractivity contribution in [2.45, 2.75) is 78.4 Å². The van der Waals surface area contributed by atoms with Gasteiger partial charge in [0, 0.05) is 32.2 Å². The maximum atomic E-state index is 13.3. The molecule has 0 spiro atoms. The highest BCUT2D eigenvalue weighted by atomic mass is 16.6. The molecule has 0 radical (unpaired) electrons. The van der Waals surface area contributed by atoms with E-state index in [-0.39, 0.29) is 49.2 Å². The smallest absolute Gasteiger partial charge is 0.408 e. The summed E-state index contributed by atoms with van der Waals surface area (Å²) in [6.07, 6.45) is -0.0479. The average Bonchev–Trinajstić information content (AvgIpc) is 2.79. The molecule has 0 saturated heterocycles. The van der Waals surface area contributed by atoms with E-state index in [0.717, 1.165) is 5.56 Å². The highest BCUT2D eigenvalue weighted by Crippen LogP contribution is 2.16. The summed E-state index contributed by atoms with van der Waals surface area (Å²) in [6, 6.07) is 8.53. The molecule has 0 aliphatic rings. The van der Waals surface area contributed by atoms with Crippen molar-refractivity contribution in [1.29, 1.82) is 0 Å². The van der Waals surface area contributed by atoms with E-state index in [1.165, 1.54) is 7.05 Å². The molecular weight excluding hydrogens is 462 g/mol. The Morgan fingerprint density at radius 3 is 2.17 bits per heavy atom. The first kappa shape index (κ1) is 30.8. The molecule has 0 bridgehead atoms. The number of carbonyl (C=O) groups excluding carboxylic acids is 5. The van der Waals surface area contributed by atoms with Gasteiger partial charge < -0.3 is 20.7 Å². The largest absolute Gasteiger partial charge is 0.444 e. The molecule has 0 saturated carbocycles. The minimum atomic E-state index is -0.754. The zero-order chi connectivity index (χ0) is 27.3. The number of ketones is 2. The van der Waals surface area contributed by atoms with Gasteiger partial charge in [0.2, 0.25) is 11.8 Å². The molecule has 0 heterocycles. The van der Waals surface area contributed by atoms with Crippen molar-refractivity contribution in [1.82, 2.24) is 16.0 Å². The first-order chi connectivity index (χ1) is 16.8. The highest BCUT2D eigenvalue weighted by molar-refractivity contribution is 5.94. The Bertz CT molecular complexity index is 893. The first-order valence-electron chi connectivity index (χ1n) is 12.4. The van der Waals surface area contributed by atoms with Gasteiger partial charge in [-0.1, -0.05) is 44.2 Å². The van der Waals surface area contributed by atoms with E-state index in [1.54, 1.807) is 20.8 Å². The molecule has 2 unspecified atom stereocenters. The molecule has 1 aromatic rings. The molecule has 9 heteroatoms. The average molecular weight is 504 g/mol. The monoisotopic (exact) mass is 503 g/mol. The predicted molar refractivity (Wildman–Crippen MR) is 137 cm³/mol. The number of benzene rings is 1. The number of alkyl carbamates (subject to hydrolysis) is 1. The molecule has 2 atom stereocenters. The van der Waals surface area contributed by atoms with Crippen LogP contribution in [-0.2, 0) is 30.3 Å². The van der Waals surface area contributed by atoms with Gasteiger partial charge in [0.25, 0.3) is 0 Å². The van der Waals surface area contributed by atoms with Gasteiger partial charge in [-0.25, -0.2) is 4.79 Å². The normalized spacial score (nSPS) is 12.9. The van der Waals surface area contributed by atoms with Gasteiger partial charge >= 0.3 is 6.09 Å². The van der Waals surface area contributed by atoms with Crippen LogP contribution in [0.15, 0.2) is 30.3 Å². The number of carbonyl (C=O) groups is 5. The van der Waals surface area contributed by atoms with Crippen LogP contribution < -0.4 is 16.0 Å². The van der Waals surface area contributed by atoms with Gasteiger partial charge in [0.05, 0.1) is 12.6 Å². The molecule has 9 nitrogen and oxygen atoms in total. The summed E-state index contributed by atoms with van der Waals surface area (Å²) in [6.45, 7) is 8.78. The summed E-state index contributed by atoms with van der Waals surface area (Å²) in [7, 11) is 1.50. The number of amides is 3. The fourth-order valence-corrected chi connectivity index (χ4v) is 3.56. The molecule has 36 heavy (non-hydrogen) atoms. The van der Waals surface area contributed by atoms with Gasteiger partial charge in [-0.05, 0) is 45.1 Å². The zero-order valence-electron chi connectivity index (χ0n) is 22.3. The molecule has 0 aliphatic carbocycles. The van der Waals surface area contributed by atoms with Crippen LogP contribution >= 0.6 is 0 Å². The van der Waals surface area contributed by atoms with E-state index >= 15 is 0 Å². The van der Waals surface area contributed by atoms with Crippen LogP contribution in [0.1, 0.15) is 65.9 Å². The van der Waals surface area contributed by atoms with Crippen molar-refractivity contribution >= 4 is 29.5 Å². The van der Waals surface area contributed by atoms with E-state index in [1.807, 2.05) is 44.2 Å².